The number of anilines is 1. The molecule has 2 heterocycles. The fourth-order valence-corrected chi connectivity index (χ4v) is 4.08. The van der Waals surface area contributed by atoms with Crippen LogP contribution in [0.25, 0.3) is 11.1 Å². The molecule has 2 aromatic heterocycles. The lowest BCUT2D eigenvalue weighted by Gasteiger charge is -2.02. The van der Waals surface area contributed by atoms with Crippen molar-refractivity contribution in [1.29, 1.82) is 0 Å². The van der Waals surface area contributed by atoms with Crippen LogP contribution in [0.3, 0.4) is 0 Å². The summed E-state index contributed by atoms with van der Waals surface area (Å²) in [6.07, 6.45) is 0. The first kappa shape index (κ1) is 16.7. The first-order chi connectivity index (χ1) is 11.5. The van der Waals surface area contributed by atoms with Crippen LogP contribution in [0, 0.1) is 20.8 Å². The number of benzene rings is 1. The highest BCUT2D eigenvalue weighted by atomic mass is 32.1. The van der Waals surface area contributed by atoms with Crippen LogP contribution >= 0.6 is 22.7 Å². The van der Waals surface area contributed by atoms with Crippen molar-refractivity contribution in [2.45, 2.75) is 20.8 Å². The van der Waals surface area contributed by atoms with Gasteiger partial charge in [0.2, 0.25) is 0 Å². The van der Waals surface area contributed by atoms with Gasteiger partial charge in [-0.15, -0.1) is 22.7 Å². The number of rotatable bonds is 4. The Bertz CT molecular complexity index is 860. The van der Waals surface area contributed by atoms with Crippen molar-refractivity contribution >= 4 is 33.7 Å². The normalized spacial score (nSPS) is 10.7. The average Bonchev–Trinajstić information content (AvgIpc) is 3.10. The second-order valence-corrected chi connectivity index (χ2v) is 7.88. The molecule has 124 valence electrons. The molecule has 0 aliphatic rings. The lowest BCUT2D eigenvalue weighted by atomic mass is 10.1. The molecule has 0 radical (unpaired) electrons. The summed E-state index contributed by atoms with van der Waals surface area (Å²) in [7, 11) is 1.65. The number of nitrogens with zero attached hydrogens (tertiary/aromatic N) is 1. The smallest absolute Gasteiger partial charge is 0.267 e. The predicted molar refractivity (Wildman–Crippen MR) is 101 cm³/mol. The van der Waals surface area contributed by atoms with E-state index in [0.29, 0.717) is 10.0 Å². The maximum atomic E-state index is 12.5. The van der Waals surface area contributed by atoms with Crippen molar-refractivity contribution < 1.29 is 9.53 Å². The fourth-order valence-electron chi connectivity index (χ4n) is 2.34. The molecule has 3 aromatic rings. The van der Waals surface area contributed by atoms with E-state index >= 15 is 0 Å². The number of carbonyl (C=O) groups excluding carboxylic acids is 1. The highest BCUT2D eigenvalue weighted by molar-refractivity contribution is 7.16. The molecule has 6 heteroatoms. The second kappa shape index (κ2) is 6.75. The van der Waals surface area contributed by atoms with Gasteiger partial charge in [-0.05, 0) is 50.1 Å². The Morgan fingerprint density at radius 3 is 2.38 bits per heavy atom. The quantitative estimate of drug-likeness (QED) is 0.709. The molecule has 0 fully saturated rings. The van der Waals surface area contributed by atoms with E-state index in [-0.39, 0.29) is 5.91 Å². The fraction of sp³-hybridized carbons (Fsp3) is 0.222. The van der Waals surface area contributed by atoms with Gasteiger partial charge in [0.1, 0.15) is 5.75 Å². The maximum Gasteiger partial charge on any atom is 0.267 e. The van der Waals surface area contributed by atoms with Gasteiger partial charge in [-0.3, -0.25) is 10.1 Å². The third-order valence-electron chi connectivity index (χ3n) is 3.79. The first-order valence-electron chi connectivity index (χ1n) is 7.48. The number of carbonyl (C=O) groups is 1. The highest BCUT2D eigenvalue weighted by Gasteiger charge is 2.15. The van der Waals surface area contributed by atoms with Gasteiger partial charge >= 0.3 is 0 Å². The molecule has 1 aromatic carbocycles. The molecule has 0 atom stereocenters. The van der Waals surface area contributed by atoms with Gasteiger partial charge in [0.05, 0.1) is 17.7 Å². The molecule has 0 bridgehead atoms. The van der Waals surface area contributed by atoms with E-state index in [0.717, 1.165) is 32.3 Å². The summed E-state index contributed by atoms with van der Waals surface area (Å²) in [6, 6.07) is 9.79. The zero-order valence-corrected chi connectivity index (χ0v) is 15.6. The Labute approximate surface area is 149 Å². The number of methoxy groups -OCH3 is 1. The van der Waals surface area contributed by atoms with E-state index in [1.807, 2.05) is 51.1 Å². The number of thiazole rings is 1. The minimum atomic E-state index is -0.114. The summed E-state index contributed by atoms with van der Waals surface area (Å²) in [5.41, 5.74) is 3.10. The predicted octanol–water partition coefficient (Wildman–Crippen LogP) is 5.06. The van der Waals surface area contributed by atoms with Crippen molar-refractivity contribution in [2.24, 2.45) is 0 Å². The molecule has 1 amide bonds. The van der Waals surface area contributed by atoms with E-state index in [2.05, 4.69) is 10.3 Å². The molecule has 4 nitrogen and oxygen atoms in total. The largest absolute Gasteiger partial charge is 0.497 e. The molecule has 0 unspecified atom stereocenters. The van der Waals surface area contributed by atoms with Gasteiger partial charge in [0.15, 0.2) is 5.13 Å². The van der Waals surface area contributed by atoms with Crippen LogP contribution < -0.4 is 10.1 Å². The zero-order chi connectivity index (χ0) is 17.3. The standard InChI is InChI=1S/C18H18N2O2S2/c1-10-11(2)24-18(19-10)20-17(21)16-9-15(12(3)23-16)13-5-7-14(22-4)8-6-13/h5-9H,1-4H3,(H,19,20,21). The highest BCUT2D eigenvalue weighted by Crippen LogP contribution is 2.32. The minimum Gasteiger partial charge on any atom is -0.497 e. The number of aryl methyl sites for hydroxylation is 3. The molecule has 24 heavy (non-hydrogen) atoms. The van der Waals surface area contributed by atoms with Crippen LogP contribution in [0.15, 0.2) is 30.3 Å². The third kappa shape index (κ3) is 3.34. The molecule has 0 saturated carbocycles. The van der Waals surface area contributed by atoms with Crippen molar-refractivity contribution in [3.05, 3.63) is 50.7 Å². The Balaban J connectivity index is 1.83. The van der Waals surface area contributed by atoms with E-state index in [4.69, 9.17) is 4.74 Å². The number of hydrogen-bond acceptors (Lipinski definition) is 5. The number of aromatic nitrogens is 1. The Morgan fingerprint density at radius 2 is 1.79 bits per heavy atom. The molecule has 0 saturated heterocycles. The lowest BCUT2D eigenvalue weighted by Crippen LogP contribution is -2.09. The molecule has 3 rings (SSSR count). The Hall–Kier alpha value is -2.18. The molecule has 0 aliphatic heterocycles. The number of thiophene rings is 1. The second-order valence-electron chi connectivity index (χ2n) is 5.42. The van der Waals surface area contributed by atoms with Gasteiger partial charge < -0.3 is 4.74 Å². The summed E-state index contributed by atoms with van der Waals surface area (Å²) in [4.78, 5) is 19.7. The maximum absolute atomic E-state index is 12.5. The van der Waals surface area contributed by atoms with Gasteiger partial charge in [0.25, 0.3) is 5.91 Å². The van der Waals surface area contributed by atoms with Gasteiger partial charge in [-0.2, -0.15) is 0 Å². The number of ether oxygens (including phenoxy) is 1. The Morgan fingerprint density at radius 1 is 1.08 bits per heavy atom. The summed E-state index contributed by atoms with van der Waals surface area (Å²) < 4.78 is 5.19. The van der Waals surface area contributed by atoms with E-state index in [1.165, 1.54) is 22.7 Å². The topological polar surface area (TPSA) is 51.2 Å². The number of nitrogens with one attached hydrogen (secondary N) is 1. The van der Waals surface area contributed by atoms with E-state index in [1.54, 1.807) is 7.11 Å². The van der Waals surface area contributed by atoms with Crippen LogP contribution in [-0.4, -0.2) is 18.0 Å². The van der Waals surface area contributed by atoms with Crippen molar-refractivity contribution in [3.8, 4) is 16.9 Å². The molecular weight excluding hydrogens is 340 g/mol. The third-order valence-corrected chi connectivity index (χ3v) is 5.83. The van der Waals surface area contributed by atoms with Crippen LogP contribution in [0.5, 0.6) is 5.75 Å². The van der Waals surface area contributed by atoms with Crippen molar-refractivity contribution in [1.82, 2.24) is 4.98 Å². The molecule has 1 N–H and O–H groups in total. The molecule has 0 spiro atoms. The number of amides is 1. The SMILES string of the molecule is COc1ccc(-c2cc(C(=O)Nc3nc(C)c(C)s3)sc2C)cc1. The van der Waals surface area contributed by atoms with E-state index < -0.39 is 0 Å². The van der Waals surface area contributed by atoms with Crippen LogP contribution in [0.1, 0.15) is 25.1 Å². The minimum absolute atomic E-state index is 0.114. The van der Waals surface area contributed by atoms with Crippen LogP contribution in [0.2, 0.25) is 0 Å². The Kier molecular flexibility index (Phi) is 4.69. The monoisotopic (exact) mass is 358 g/mol. The van der Waals surface area contributed by atoms with Crippen molar-refractivity contribution in [3.63, 3.8) is 0 Å². The van der Waals surface area contributed by atoms with Gasteiger partial charge in [0, 0.05) is 9.75 Å². The summed E-state index contributed by atoms with van der Waals surface area (Å²) >= 11 is 2.99. The number of hydrogen-bond donors (Lipinski definition) is 1. The van der Waals surface area contributed by atoms with Crippen LogP contribution in [-0.2, 0) is 0 Å². The zero-order valence-electron chi connectivity index (χ0n) is 14.0. The van der Waals surface area contributed by atoms with E-state index in [9.17, 15) is 4.79 Å². The summed E-state index contributed by atoms with van der Waals surface area (Å²) in [6.45, 7) is 5.97. The lowest BCUT2D eigenvalue weighted by molar-refractivity contribution is 0.103. The summed E-state index contributed by atoms with van der Waals surface area (Å²) in [5.74, 6) is 0.704. The summed E-state index contributed by atoms with van der Waals surface area (Å²) in [5, 5.41) is 3.53. The average molecular weight is 358 g/mol. The first-order valence-corrected chi connectivity index (χ1v) is 9.11. The van der Waals surface area contributed by atoms with Crippen LogP contribution in [0.4, 0.5) is 5.13 Å². The van der Waals surface area contributed by atoms with Gasteiger partial charge in [-0.25, -0.2) is 4.98 Å². The molecule has 0 aliphatic carbocycles. The van der Waals surface area contributed by atoms with Crippen molar-refractivity contribution in [2.75, 3.05) is 12.4 Å². The van der Waals surface area contributed by atoms with Gasteiger partial charge in [-0.1, -0.05) is 12.1 Å². The molecular formula is C18H18N2O2S2.